The summed E-state index contributed by atoms with van der Waals surface area (Å²) in [6, 6.07) is 14.3. The van der Waals surface area contributed by atoms with Gasteiger partial charge in [-0.3, -0.25) is 5.32 Å². The number of methoxy groups -OCH3 is 1. The van der Waals surface area contributed by atoms with Gasteiger partial charge in [0.15, 0.2) is 0 Å². The molecule has 1 aliphatic rings. The number of esters is 1. The number of sulfonamides is 1. The number of piperidine rings is 1. The Hall–Kier alpha value is -4.19. The average Bonchev–Trinajstić information content (AvgIpc) is 2.88. The second-order valence-electron chi connectivity index (χ2n) is 7.54. The summed E-state index contributed by atoms with van der Waals surface area (Å²) < 4.78 is 37.7. The Bertz CT molecular complexity index is 1290. The van der Waals surface area contributed by atoms with Crippen LogP contribution in [0.1, 0.15) is 24.8 Å². The van der Waals surface area contributed by atoms with E-state index in [0.717, 1.165) is 4.31 Å². The summed E-state index contributed by atoms with van der Waals surface area (Å²) in [5.74, 6) is -0.487. The first kappa shape index (κ1) is 25.4. The zero-order valence-corrected chi connectivity index (χ0v) is 19.6. The number of rotatable bonds is 6. The molecule has 1 unspecified atom stereocenters. The van der Waals surface area contributed by atoms with Crippen LogP contribution in [0.25, 0.3) is 6.08 Å². The third-order valence-corrected chi connectivity index (χ3v) is 7.19. The Morgan fingerprint density at radius 2 is 1.71 bits per heavy atom. The van der Waals surface area contributed by atoms with Crippen molar-refractivity contribution in [3.63, 3.8) is 0 Å². The Labute approximate surface area is 203 Å². The lowest BCUT2D eigenvalue weighted by Gasteiger charge is -2.33. The third-order valence-electron chi connectivity index (χ3n) is 5.27. The Morgan fingerprint density at radius 3 is 2.31 bits per heavy atom. The summed E-state index contributed by atoms with van der Waals surface area (Å²) in [5, 5.41) is 20.1. The maximum atomic E-state index is 13.3. The van der Waals surface area contributed by atoms with Gasteiger partial charge in [-0.25, -0.2) is 18.0 Å². The molecule has 1 N–H and O–H groups in total. The van der Waals surface area contributed by atoms with Crippen LogP contribution < -0.4 is 10.1 Å². The molecule has 0 radical (unpaired) electrons. The average molecular weight is 495 g/mol. The van der Waals surface area contributed by atoms with Crippen molar-refractivity contribution in [1.29, 1.82) is 10.5 Å². The highest BCUT2D eigenvalue weighted by molar-refractivity contribution is 7.89. The quantitative estimate of drug-likeness (QED) is 0.364. The van der Waals surface area contributed by atoms with Crippen LogP contribution in [0.15, 0.2) is 59.0 Å². The van der Waals surface area contributed by atoms with Crippen molar-refractivity contribution in [2.45, 2.75) is 30.2 Å². The van der Waals surface area contributed by atoms with E-state index in [9.17, 15) is 18.0 Å². The number of allylic oxidation sites excluding steroid dienone is 1. The first-order valence-electron chi connectivity index (χ1n) is 10.6. The van der Waals surface area contributed by atoms with Crippen molar-refractivity contribution < 1.29 is 27.5 Å². The summed E-state index contributed by atoms with van der Waals surface area (Å²) in [6.07, 6.45) is 2.30. The fourth-order valence-corrected chi connectivity index (χ4v) is 5.16. The molecule has 180 valence electrons. The van der Waals surface area contributed by atoms with Crippen molar-refractivity contribution in [1.82, 2.24) is 4.31 Å². The topological polar surface area (TPSA) is 150 Å². The lowest BCUT2D eigenvalue weighted by atomic mass is 10.1. The first-order valence-corrected chi connectivity index (χ1v) is 12.0. The van der Waals surface area contributed by atoms with Gasteiger partial charge in [-0.05, 0) is 67.3 Å². The van der Waals surface area contributed by atoms with E-state index in [-0.39, 0.29) is 22.8 Å². The van der Waals surface area contributed by atoms with Gasteiger partial charge in [0.1, 0.15) is 29.5 Å². The molecule has 1 atom stereocenters. The molecule has 3 rings (SSSR count). The molecule has 1 fully saturated rings. The maximum absolute atomic E-state index is 13.3. The number of amides is 1. The van der Waals surface area contributed by atoms with Crippen LogP contribution in [-0.4, -0.2) is 44.5 Å². The monoisotopic (exact) mass is 494 g/mol. The lowest BCUT2D eigenvalue weighted by molar-refractivity contribution is -0.139. The standard InChI is InChI=1S/C24H22N4O6S/c1-33-24(30)27-19-7-11-21(12-8-19)35(31,32)28-13-3-2-4-22(28)23(29)34-20-9-5-17(6-10-20)14-18(15-25)16-26/h5-12,14,22H,2-4,13H2,1H3,(H,27,30). The molecule has 1 amide bonds. The van der Waals surface area contributed by atoms with Crippen molar-refractivity contribution in [3.8, 4) is 17.9 Å². The molecular weight excluding hydrogens is 472 g/mol. The Balaban J connectivity index is 1.76. The van der Waals surface area contributed by atoms with Crippen LogP contribution in [0.3, 0.4) is 0 Å². The molecule has 1 saturated heterocycles. The number of carbonyl (C=O) groups excluding carboxylic acids is 2. The van der Waals surface area contributed by atoms with Crippen LogP contribution in [-0.2, 0) is 19.6 Å². The molecule has 0 aliphatic carbocycles. The number of nitrogens with one attached hydrogen (secondary N) is 1. The van der Waals surface area contributed by atoms with E-state index in [0.29, 0.717) is 30.5 Å². The van der Waals surface area contributed by atoms with Crippen LogP contribution in [0.5, 0.6) is 5.75 Å². The molecule has 10 nitrogen and oxygen atoms in total. The summed E-state index contributed by atoms with van der Waals surface area (Å²) >= 11 is 0. The molecule has 0 bridgehead atoms. The van der Waals surface area contributed by atoms with Gasteiger partial charge in [0.25, 0.3) is 0 Å². The molecule has 1 aliphatic heterocycles. The lowest BCUT2D eigenvalue weighted by Crippen LogP contribution is -2.49. The first-order chi connectivity index (χ1) is 16.8. The van der Waals surface area contributed by atoms with Gasteiger partial charge in [0.2, 0.25) is 10.0 Å². The Morgan fingerprint density at radius 1 is 1.06 bits per heavy atom. The second kappa shape index (κ2) is 11.3. The minimum absolute atomic E-state index is 0.0189. The van der Waals surface area contributed by atoms with Gasteiger partial charge in [-0.2, -0.15) is 14.8 Å². The normalized spacial score (nSPS) is 15.7. The van der Waals surface area contributed by atoms with Crippen molar-refractivity contribution in [2.75, 3.05) is 19.0 Å². The highest BCUT2D eigenvalue weighted by atomic mass is 32.2. The number of nitrogens with zero attached hydrogens (tertiary/aromatic N) is 3. The largest absolute Gasteiger partial charge is 0.453 e. The van der Waals surface area contributed by atoms with Crippen molar-refractivity contribution >= 4 is 33.8 Å². The number of carbonyl (C=O) groups is 2. The van der Waals surface area contributed by atoms with Gasteiger partial charge in [-0.1, -0.05) is 12.1 Å². The molecular formula is C24H22N4O6S. The molecule has 0 aromatic heterocycles. The summed E-state index contributed by atoms with van der Waals surface area (Å²) in [5.41, 5.74) is 0.877. The predicted octanol–water partition coefficient (Wildman–Crippen LogP) is 3.44. The van der Waals surface area contributed by atoms with E-state index >= 15 is 0 Å². The van der Waals surface area contributed by atoms with Crippen LogP contribution in [0, 0.1) is 22.7 Å². The minimum atomic E-state index is -4.01. The maximum Gasteiger partial charge on any atom is 0.411 e. The number of hydrogen-bond donors (Lipinski definition) is 1. The highest BCUT2D eigenvalue weighted by Crippen LogP contribution is 2.28. The van der Waals surface area contributed by atoms with E-state index < -0.39 is 28.1 Å². The fourth-order valence-electron chi connectivity index (χ4n) is 3.52. The molecule has 0 saturated carbocycles. The fraction of sp³-hybridized carbons (Fsp3) is 0.250. The SMILES string of the molecule is COC(=O)Nc1ccc(S(=O)(=O)N2CCCCC2C(=O)Oc2ccc(C=C(C#N)C#N)cc2)cc1. The van der Waals surface area contributed by atoms with E-state index in [2.05, 4.69) is 10.1 Å². The third kappa shape index (κ3) is 6.23. The zero-order chi connectivity index (χ0) is 25.4. The van der Waals surface area contributed by atoms with Crippen LogP contribution in [0.2, 0.25) is 0 Å². The number of anilines is 1. The van der Waals surface area contributed by atoms with E-state index in [4.69, 9.17) is 15.3 Å². The van der Waals surface area contributed by atoms with Crippen molar-refractivity contribution in [2.24, 2.45) is 0 Å². The molecule has 0 spiro atoms. The van der Waals surface area contributed by atoms with Gasteiger partial charge in [0.05, 0.1) is 12.0 Å². The van der Waals surface area contributed by atoms with E-state index in [1.807, 2.05) is 0 Å². The summed E-state index contributed by atoms with van der Waals surface area (Å²) in [6.45, 7) is 0.166. The summed E-state index contributed by atoms with van der Waals surface area (Å²) in [4.78, 5) is 24.2. The van der Waals surface area contributed by atoms with Gasteiger partial charge in [-0.15, -0.1) is 0 Å². The molecule has 11 heteroatoms. The Kier molecular flexibility index (Phi) is 8.21. The van der Waals surface area contributed by atoms with Crippen LogP contribution >= 0.6 is 0 Å². The van der Waals surface area contributed by atoms with Gasteiger partial charge >= 0.3 is 12.1 Å². The minimum Gasteiger partial charge on any atom is -0.453 e. The number of benzene rings is 2. The number of nitriles is 2. The number of ether oxygens (including phenoxy) is 2. The second-order valence-corrected chi connectivity index (χ2v) is 9.43. The summed E-state index contributed by atoms with van der Waals surface area (Å²) in [7, 11) is -2.79. The highest BCUT2D eigenvalue weighted by Gasteiger charge is 2.38. The van der Waals surface area contributed by atoms with Gasteiger partial charge in [0, 0.05) is 12.2 Å². The predicted molar refractivity (Wildman–Crippen MR) is 125 cm³/mol. The number of hydrogen-bond acceptors (Lipinski definition) is 8. The molecule has 1 heterocycles. The smallest absolute Gasteiger partial charge is 0.411 e. The van der Waals surface area contributed by atoms with Gasteiger partial charge < -0.3 is 9.47 Å². The van der Waals surface area contributed by atoms with Crippen molar-refractivity contribution in [3.05, 3.63) is 59.7 Å². The zero-order valence-electron chi connectivity index (χ0n) is 18.8. The molecule has 2 aromatic carbocycles. The van der Waals surface area contributed by atoms with E-state index in [1.165, 1.54) is 49.6 Å². The van der Waals surface area contributed by atoms with Crippen LogP contribution in [0.4, 0.5) is 10.5 Å². The molecule has 2 aromatic rings. The van der Waals surface area contributed by atoms with E-state index in [1.54, 1.807) is 24.3 Å². The molecule has 35 heavy (non-hydrogen) atoms.